The van der Waals surface area contributed by atoms with Gasteiger partial charge in [0.1, 0.15) is 5.75 Å². The maximum absolute atomic E-state index is 12.4. The fourth-order valence-corrected chi connectivity index (χ4v) is 2.50. The van der Waals surface area contributed by atoms with Gasteiger partial charge in [-0.2, -0.15) is 0 Å². The summed E-state index contributed by atoms with van der Waals surface area (Å²) in [5.74, 6) is 0.125. The monoisotopic (exact) mass is 319 g/mol. The van der Waals surface area contributed by atoms with E-state index in [0.29, 0.717) is 17.6 Å². The number of rotatable bonds is 5. The van der Waals surface area contributed by atoms with E-state index in [9.17, 15) is 9.59 Å². The van der Waals surface area contributed by atoms with Crippen LogP contribution in [0.25, 0.3) is 10.8 Å². The van der Waals surface area contributed by atoms with Gasteiger partial charge in [0.25, 0.3) is 5.91 Å². The highest BCUT2D eigenvalue weighted by molar-refractivity contribution is 6.03. The van der Waals surface area contributed by atoms with Crippen LogP contribution < -0.4 is 10.1 Å². The number of hydrogen-bond donors (Lipinski definition) is 1. The van der Waals surface area contributed by atoms with E-state index in [1.807, 2.05) is 42.5 Å². The van der Waals surface area contributed by atoms with E-state index in [0.717, 1.165) is 16.5 Å². The van der Waals surface area contributed by atoms with E-state index in [4.69, 9.17) is 4.74 Å². The molecule has 0 heterocycles. The average Bonchev–Trinajstić information content (AvgIpc) is 2.62. The fourth-order valence-electron chi connectivity index (χ4n) is 2.50. The Labute approximate surface area is 140 Å². The van der Waals surface area contributed by atoms with Crippen molar-refractivity contribution in [3.05, 3.63) is 72.3 Å². The summed E-state index contributed by atoms with van der Waals surface area (Å²) in [4.78, 5) is 23.5. The highest BCUT2D eigenvalue weighted by Gasteiger charge is 2.17. The number of para-hydroxylation sites is 1. The molecule has 1 N–H and O–H groups in total. The van der Waals surface area contributed by atoms with Crippen LogP contribution in [-0.4, -0.2) is 18.3 Å². The highest BCUT2D eigenvalue weighted by atomic mass is 16.5. The van der Waals surface area contributed by atoms with Crippen molar-refractivity contribution < 1.29 is 14.3 Å². The van der Waals surface area contributed by atoms with Crippen LogP contribution in [0.4, 0.5) is 5.69 Å². The summed E-state index contributed by atoms with van der Waals surface area (Å²) in [7, 11) is 0. The molecule has 0 aliphatic rings. The van der Waals surface area contributed by atoms with Gasteiger partial charge in [-0.25, -0.2) is 0 Å². The molecule has 4 heteroatoms. The molecule has 3 rings (SSSR count). The van der Waals surface area contributed by atoms with E-state index < -0.39 is 6.10 Å². The lowest BCUT2D eigenvalue weighted by atomic mass is 10.1. The van der Waals surface area contributed by atoms with Crippen LogP contribution in [0, 0.1) is 0 Å². The van der Waals surface area contributed by atoms with Crippen molar-refractivity contribution in [1.29, 1.82) is 0 Å². The lowest BCUT2D eigenvalue weighted by Gasteiger charge is -2.16. The van der Waals surface area contributed by atoms with Gasteiger partial charge in [-0.1, -0.05) is 48.5 Å². The summed E-state index contributed by atoms with van der Waals surface area (Å²) in [6.45, 7) is 1.65. The number of hydrogen-bond acceptors (Lipinski definition) is 3. The Kier molecular flexibility index (Phi) is 4.57. The van der Waals surface area contributed by atoms with Gasteiger partial charge in [-0.3, -0.25) is 9.59 Å². The first-order valence-electron chi connectivity index (χ1n) is 7.68. The van der Waals surface area contributed by atoms with Crippen molar-refractivity contribution in [2.75, 3.05) is 5.32 Å². The summed E-state index contributed by atoms with van der Waals surface area (Å²) in [6, 6.07) is 20.4. The Hall–Kier alpha value is -3.14. The van der Waals surface area contributed by atoms with E-state index in [1.165, 1.54) is 0 Å². The third-order valence-electron chi connectivity index (χ3n) is 3.77. The minimum Gasteiger partial charge on any atom is -0.480 e. The molecule has 0 radical (unpaired) electrons. The van der Waals surface area contributed by atoms with E-state index in [1.54, 1.807) is 31.2 Å². The van der Waals surface area contributed by atoms with Crippen molar-refractivity contribution in [1.82, 2.24) is 0 Å². The molecule has 1 atom stereocenters. The molecule has 0 unspecified atom stereocenters. The SMILES string of the molecule is C[C@H](Oc1ccccc1C=O)C(=O)Nc1cccc2ccccc12. The van der Waals surface area contributed by atoms with E-state index in [2.05, 4.69) is 5.32 Å². The molecule has 3 aromatic rings. The number of amides is 1. The topological polar surface area (TPSA) is 55.4 Å². The van der Waals surface area contributed by atoms with Crippen LogP contribution in [0.5, 0.6) is 5.75 Å². The Morgan fingerprint density at radius 1 is 1.00 bits per heavy atom. The quantitative estimate of drug-likeness (QED) is 0.722. The van der Waals surface area contributed by atoms with Gasteiger partial charge < -0.3 is 10.1 Å². The lowest BCUT2D eigenvalue weighted by molar-refractivity contribution is -0.122. The molecule has 4 nitrogen and oxygen atoms in total. The molecule has 0 aliphatic carbocycles. The van der Waals surface area contributed by atoms with E-state index >= 15 is 0 Å². The maximum Gasteiger partial charge on any atom is 0.265 e. The molecule has 1 amide bonds. The molecule has 0 saturated carbocycles. The predicted molar refractivity (Wildman–Crippen MR) is 94.5 cm³/mol. The molecule has 0 spiro atoms. The van der Waals surface area contributed by atoms with Gasteiger partial charge in [0, 0.05) is 11.1 Å². The Balaban J connectivity index is 1.77. The molecule has 0 aromatic heterocycles. The van der Waals surface area contributed by atoms with Gasteiger partial charge >= 0.3 is 0 Å². The first kappa shape index (κ1) is 15.7. The second-order valence-corrected chi connectivity index (χ2v) is 5.43. The maximum atomic E-state index is 12.4. The highest BCUT2D eigenvalue weighted by Crippen LogP contribution is 2.23. The normalized spacial score (nSPS) is 11.7. The number of carbonyl (C=O) groups is 2. The van der Waals surface area contributed by atoms with Crippen LogP contribution >= 0.6 is 0 Å². The number of aldehydes is 1. The fraction of sp³-hybridized carbons (Fsp3) is 0.100. The number of carbonyl (C=O) groups excluding carboxylic acids is 2. The van der Waals surface area contributed by atoms with Crippen LogP contribution in [0.15, 0.2) is 66.7 Å². The minimum atomic E-state index is -0.731. The minimum absolute atomic E-state index is 0.271. The number of fused-ring (bicyclic) bond motifs is 1. The zero-order chi connectivity index (χ0) is 16.9. The van der Waals surface area contributed by atoms with Crippen molar-refractivity contribution >= 4 is 28.7 Å². The molecule has 0 fully saturated rings. The van der Waals surface area contributed by atoms with Crippen molar-refractivity contribution in [2.24, 2.45) is 0 Å². The van der Waals surface area contributed by atoms with Crippen molar-refractivity contribution in [2.45, 2.75) is 13.0 Å². The summed E-state index contributed by atoms with van der Waals surface area (Å²) in [5, 5.41) is 4.91. The largest absolute Gasteiger partial charge is 0.480 e. The van der Waals surface area contributed by atoms with Gasteiger partial charge in [0.15, 0.2) is 12.4 Å². The number of benzene rings is 3. The summed E-state index contributed by atoms with van der Waals surface area (Å²) in [6.07, 6.45) is -0.0185. The van der Waals surface area contributed by atoms with E-state index in [-0.39, 0.29) is 5.91 Å². The van der Waals surface area contributed by atoms with Gasteiger partial charge in [0.05, 0.1) is 5.56 Å². The summed E-state index contributed by atoms with van der Waals surface area (Å²) >= 11 is 0. The molecule has 0 aliphatic heterocycles. The number of nitrogens with one attached hydrogen (secondary N) is 1. The Bertz CT molecular complexity index is 883. The molecule has 0 bridgehead atoms. The molecule has 120 valence electrons. The first-order valence-corrected chi connectivity index (χ1v) is 7.68. The average molecular weight is 319 g/mol. The summed E-state index contributed by atoms with van der Waals surface area (Å²) < 4.78 is 5.64. The number of ether oxygens (including phenoxy) is 1. The predicted octanol–water partition coefficient (Wildman–Crippen LogP) is 4.06. The Morgan fingerprint density at radius 2 is 1.71 bits per heavy atom. The Morgan fingerprint density at radius 3 is 2.54 bits per heavy atom. The standard InChI is InChI=1S/C20H17NO3/c1-14(24-19-12-5-3-8-16(19)13-22)20(23)21-18-11-6-9-15-7-2-4-10-17(15)18/h2-14H,1H3,(H,21,23)/t14-/m0/s1. The molecular formula is C20H17NO3. The summed E-state index contributed by atoms with van der Waals surface area (Å²) in [5.41, 5.74) is 1.15. The van der Waals surface area contributed by atoms with Crippen molar-refractivity contribution in [3.8, 4) is 5.75 Å². The second kappa shape index (κ2) is 6.96. The zero-order valence-corrected chi connectivity index (χ0v) is 13.2. The third-order valence-corrected chi connectivity index (χ3v) is 3.77. The lowest BCUT2D eigenvalue weighted by Crippen LogP contribution is -2.30. The second-order valence-electron chi connectivity index (χ2n) is 5.43. The first-order chi connectivity index (χ1) is 11.7. The van der Waals surface area contributed by atoms with Gasteiger partial charge in [-0.15, -0.1) is 0 Å². The van der Waals surface area contributed by atoms with Gasteiger partial charge in [-0.05, 0) is 30.5 Å². The zero-order valence-electron chi connectivity index (χ0n) is 13.2. The molecule has 3 aromatic carbocycles. The smallest absolute Gasteiger partial charge is 0.265 e. The van der Waals surface area contributed by atoms with Crippen LogP contribution in [0.2, 0.25) is 0 Å². The van der Waals surface area contributed by atoms with Crippen LogP contribution in [0.1, 0.15) is 17.3 Å². The van der Waals surface area contributed by atoms with Crippen LogP contribution in [-0.2, 0) is 4.79 Å². The molecule has 0 saturated heterocycles. The number of anilines is 1. The van der Waals surface area contributed by atoms with Crippen LogP contribution in [0.3, 0.4) is 0 Å². The molecule has 24 heavy (non-hydrogen) atoms. The van der Waals surface area contributed by atoms with Gasteiger partial charge in [0.2, 0.25) is 0 Å². The third kappa shape index (κ3) is 3.27. The molecular weight excluding hydrogens is 302 g/mol. The van der Waals surface area contributed by atoms with Crippen molar-refractivity contribution in [3.63, 3.8) is 0 Å².